The second-order valence-electron chi connectivity index (χ2n) is 6.38. The van der Waals surface area contributed by atoms with E-state index in [2.05, 4.69) is 15.6 Å². The quantitative estimate of drug-likeness (QED) is 0.454. The monoisotopic (exact) mass is 417 g/mol. The van der Waals surface area contributed by atoms with Gasteiger partial charge in [-0.15, -0.1) is 0 Å². The summed E-state index contributed by atoms with van der Waals surface area (Å²) >= 11 is 0. The number of rotatable bonds is 10. The van der Waals surface area contributed by atoms with Gasteiger partial charge < -0.3 is 34.3 Å². The molecule has 1 atom stereocenters. The van der Waals surface area contributed by atoms with Crippen LogP contribution in [0.5, 0.6) is 28.7 Å². The Hall–Kier alpha value is -3.29. The number of ether oxygens (including phenoxy) is 5. The molecule has 0 radical (unpaired) electrons. The van der Waals surface area contributed by atoms with E-state index in [0.717, 1.165) is 5.56 Å². The third-order valence-corrected chi connectivity index (χ3v) is 4.41. The van der Waals surface area contributed by atoms with E-state index in [1.165, 1.54) is 0 Å². The Morgan fingerprint density at radius 1 is 0.833 bits per heavy atom. The van der Waals surface area contributed by atoms with E-state index >= 15 is 0 Å². The fourth-order valence-corrected chi connectivity index (χ4v) is 2.92. The lowest BCUT2D eigenvalue weighted by atomic mass is 10.1. The second kappa shape index (κ2) is 11.6. The van der Waals surface area contributed by atoms with E-state index in [9.17, 15) is 0 Å². The fraction of sp³-hybridized carbons (Fsp3) is 0.409. The molecule has 2 rings (SSSR count). The maximum atomic E-state index is 5.97. The van der Waals surface area contributed by atoms with Crippen LogP contribution in [0.2, 0.25) is 0 Å². The van der Waals surface area contributed by atoms with Gasteiger partial charge in [0.2, 0.25) is 5.75 Å². The SMILES string of the molecule is CN=C(NCc1ccc(OC)c(OC)c1OC)NCC(C)Oc1ccccc1OC. The predicted molar refractivity (Wildman–Crippen MR) is 117 cm³/mol. The highest BCUT2D eigenvalue weighted by atomic mass is 16.5. The summed E-state index contributed by atoms with van der Waals surface area (Å²) < 4.78 is 27.6. The number of hydrogen-bond donors (Lipinski definition) is 2. The minimum absolute atomic E-state index is 0.101. The first-order valence-electron chi connectivity index (χ1n) is 9.59. The van der Waals surface area contributed by atoms with Crippen LogP contribution in [0.25, 0.3) is 0 Å². The number of nitrogens with zero attached hydrogens (tertiary/aromatic N) is 1. The molecule has 0 amide bonds. The van der Waals surface area contributed by atoms with E-state index < -0.39 is 0 Å². The van der Waals surface area contributed by atoms with E-state index in [0.29, 0.717) is 47.8 Å². The molecule has 1 unspecified atom stereocenters. The van der Waals surface area contributed by atoms with Crippen molar-refractivity contribution in [2.45, 2.75) is 19.6 Å². The Labute approximate surface area is 178 Å². The molecule has 30 heavy (non-hydrogen) atoms. The van der Waals surface area contributed by atoms with Crippen LogP contribution >= 0.6 is 0 Å². The smallest absolute Gasteiger partial charge is 0.203 e. The molecule has 2 N–H and O–H groups in total. The Morgan fingerprint density at radius 3 is 2.10 bits per heavy atom. The fourth-order valence-electron chi connectivity index (χ4n) is 2.92. The molecule has 0 saturated carbocycles. The highest BCUT2D eigenvalue weighted by molar-refractivity contribution is 5.79. The molecule has 164 valence electrons. The standard InChI is InChI=1S/C22H31N3O5/c1-15(30-18-10-8-7-9-17(18)26-3)13-24-22(23-2)25-14-16-11-12-19(27-4)21(29-6)20(16)28-5/h7-12,15H,13-14H2,1-6H3,(H2,23,24,25). The molecular formula is C22H31N3O5. The van der Waals surface area contributed by atoms with Gasteiger partial charge in [-0.2, -0.15) is 0 Å². The van der Waals surface area contributed by atoms with Crippen molar-refractivity contribution >= 4 is 5.96 Å². The Balaban J connectivity index is 1.95. The van der Waals surface area contributed by atoms with Crippen molar-refractivity contribution in [1.29, 1.82) is 0 Å². The van der Waals surface area contributed by atoms with Gasteiger partial charge in [0.1, 0.15) is 6.10 Å². The van der Waals surface area contributed by atoms with Crippen molar-refractivity contribution in [2.75, 3.05) is 42.0 Å². The van der Waals surface area contributed by atoms with Gasteiger partial charge in [-0.1, -0.05) is 12.1 Å². The maximum absolute atomic E-state index is 5.97. The van der Waals surface area contributed by atoms with Crippen molar-refractivity contribution in [3.63, 3.8) is 0 Å². The van der Waals surface area contributed by atoms with Crippen molar-refractivity contribution < 1.29 is 23.7 Å². The molecule has 0 saturated heterocycles. The minimum Gasteiger partial charge on any atom is -0.493 e. The Kier molecular flexibility index (Phi) is 8.93. The number of nitrogens with one attached hydrogen (secondary N) is 2. The first kappa shape index (κ1) is 23.0. The molecule has 0 aliphatic rings. The number of methoxy groups -OCH3 is 4. The first-order valence-corrected chi connectivity index (χ1v) is 9.59. The number of para-hydroxylation sites is 2. The van der Waals surface area contributed by atoms with Crippen molar-refractivity contribution in [1.82, 2.24) is 10.6 Å². The lowest BCUT2D eigenvalue weighted by Crippen LogP contribution is -2.41. The Bertz CT molecular complexity index is 842. The van der Waals surface area contributed by atoms with Crippen LogP contribution < -0.4 is 34.3 Å². The van der Waals surface area contributed by atoms with E-state index in [1.54, 1.807) is 35.5 Å². The minimum atomic E-state index is -0.101. The second-order valence-corrected chi connectivity index (χ2v) is 6.38. The van der Waals surface area contributed by atoms with Gasteiger partial charge >= 0.3 is 0 Å². The van der Waals surface area contributed by atoms with Gasteiger partial charge in [0.05, 0.1) is 35.0 Å². The summed E-state index contributed by atoms with van der Waals surface area (Å²) in [6.45, 7) is 3.02. The molecule has 0 spiro atoms. The lowest BCUT2D eigenvalue weighted by molar-refractivity contribution is 0.213. The van der Waals surface area contributed by atoms with Crippen LogP contribution in [0.1, 0.15) is 12.5 Å². The largest absolute Gasteiger partial charge is 0.493 e. The van der Waals surface area contributed by atoms with E-state index in [4.69, 9.17) is 23.7 Å². The summed E-state index contributed by atoms with van der Waals surface area (Å²) in [5.74, 6) is 3.83. The summed E-state index contributed by atoms with van der Waals surface area (Å²) in [6.07, 6.45) is -0.101. The molecule has 0 fully saturated rings. The number of benzene rings is 2. The summed E-state index contributed by atoms with van der Waals surface area (Å²) in [6, 6.07) is 11.3. The van der Waals surface area contributed by atoms with E-state index in [1.807, 2.05) is 43.3 Å². The Morgan fingerprint density at radius 2 is 1.50 bits per heavy atom. The topological polar surface area (TPSA) is 82.6 Å². The van der Waals surface area contributed by atoms with Crippen LogP contribution in [0, 0.1) is 0 Å². The average molecular weight is 418 g/mol. The van der Waals surface area contributed by atoms with Crippen LogP contribution in [0.4, 0.5) is 0 Å². The average Bonchev–Trinajstić information content (AvgIpc) is 2.78. The van der Waals surface area contributed by atoms with Crippen LogP contribution in [-0.4, -0.2) is 54.1 Å². The zero-order valence-electron chi connectivity index (χ0n) is 18.4. The van der Waals surface area contributed by atoms with Crippen molar-refractivity contribution in [3.8, 4) is 28.7 Å². The molecule has 8 heteroatoms. The third kappa shape index (κ3) is 5.85. The molecule has 2 aromatic carbocycles. The molecule has 0 heterocycles. The zero-order chi connectivity index (χ0) is 21.9. The number of aliphatic imine (C=N–C) groups is 1. The lowest BCUT2D eigenvalue weighted by Gasteiger charge is -2.20. The normalized spacial score (nSPS) is 12.0. The predicted octanol–water partition coefficient (Wildman–Crippen LogP) is 2.85. The van der Waals surface area contributed by atoms with Gasteiger partial charge in [-0.25, -0.2) is 0 Å². The van der Waals surface area contributed by atoms with Crippen LogP contribution in [0.3, 0.4) is 0 Å². The summed E-state index contributed by atoms with van der Waals surface area (Å²) in [5.41, 5.74) is 0.913. The van der Waals surface area contributed by atoms with Crippen molar-refractivity contribution in [3.05, 3.63) is 42.0 Å². The number of hydrogen-bond acceptors (Lipinski definition) is 6. The van der Waals surface area contributed by atoms with Crippen LogP contribution in [0.15, 0.2) is 41.4 Å². The highest BCUT2D eigenvalue weighted by Crippen LogP contribution is 2.39. The first-order chi connectivity index (χ1) is 14.6. The molecule has 0 aliphatic carbocycles. The van der Waals surface area contributed by atoms with Gasteiger partial charge in [0.25, 0.3) is 0 Å². The molecule has 0 aliphatic heterocycles. The van der Waals surface area contributed by atoms with Gasteiger partial charge in [-0.3, -0.25) is 4.99 Å². The van der Waals surface area contributed by atoms with Crippen molar-refractivity contribution in [2.24, 2.45) is 4.99 Å². The third-order valence-electron chi connectivity index (χ3n) is 4.41. The van der Waals surface area contributed by atoms with Gasteiger partial charge in [0, 0.05) is 19.2 Å². The summed E-state index contributed by atoms with van der Waals surface area (Å²) in [5, 5.41) is 6.54. The molecule has 2 aromatic rings. The molecule has 8 nitrogen and oxygen atoms in total. The van der Waals surface area contributed by atoms with Gasteiger partial charge in [0.15, 0.2) is 29.0 Å². The number of guanidine groups is 1. The summed E-state index contributed by atoms with van der Waals surface area (Å²) in [7, 11) is 8.12. The summed E-state index contributed by atoms with van der Waals surface area (Å²) in [4.78, 5) is 4.27. The molecule has 0 bridgehead atoms. The highest BCUT2D eigenvalue weighted by Gasteiger charge is 2.16. The zero-order valence-corrected chi connectivity index (χ0v) is 18.4. The van der Waals surface area contributed by atoms with Crippen LogP contribution in [-0.2, 0) is 6.54 Å². The van der Waals surface area contributed by atoms with Gasteiger partial charge in [-0.05, 0) is 31.2 Å². The molecular weight excluding hydrogens is 386 g/mol. The maximum Gasteiger partial charge on any atom is 0.203 e. The molecule has 0 aromatic heterocycles. The van der Waals surface area contributed by atoms with E-state index in [-0.39, 0.29) is 6.10 Å².